The molecule has 0 atom stereocenters. The number of carbonyl (C=O) groups excluding carboxylic acids is 1. The maximum atomic E-state index is 10.4. The van der Waals surface area contributed by atoms with Crippen LogP contribution in [0.2, 0.25) is 0 Å². The Morgan fingerprint density at radius 1 is 1.27 bits per heavy atom. The van der Waals surface area contributed by atoms with Crippen molar-refractivity contribution in [1.82, 2.24) is 0 Å². The average Bonchev–Trinajstić information content (AvgIpc) is 2.21. The minimum Gasteiger partial charge on any atom is -0.466 e. The Morgan fingerprint density at radius 2 is 2.00 bits per heavy atom. The minimum absolute atomic E-state index is 0.224. The molecule has 0 aromatic carbocycles. The third-order valence-corrected chi connectivity index (χ3v) is 2.10. The van der Waals surface area contributed by atoms with Gasteiger partial charge < -0.3 is 10.3 Å². The number of unbranched alkanes of at least 4 members (excludes halogenated alkanes) is 2. The predicted octanol–water partition coefficient (Wildman–Crippen LogP) is 2.58. The first-order valence-corrected chi connectivity index (χ1v) is 5.53. The molecule has 4 nitrogen and oxygen atoms in total. The smallest absolute Gasteiger partial charge is 0.302 e. The van der Waals surface area contributed by atoms with Crippen molar-refractivity contribution in [3.8, 4) is 0 Å². The van der Waals surface area contributed by atoms with Gasteiger partial charge in [-0.25, -0.2) is 0 Å². The maximum absolute atomic E-state index is 10.4. The zero-order chi connectivity index (χ0) is 11.5. The summed E-state index contributed by atoms with van der Waals surface area (Å²) in [5.41, 5.74) is 9.52. The number of hydrogen-bond acceptors (Lipinski definition) is 2. The van der Waals surface area contributed by atoms with E-state index in [1.807, 2.05) is 0 Å². The van der Waals surface area contributed by atoms with Crippen LogP contribution in [0.1, 0.15) is 52.4 Å². The van der Waals surface area contributed by atoms with Crippen LogP contribution >= 0.6 is 0 Å². The van der Waals surface area contributed by atoms with Crippen molar-refractivity contribution in [1.29, 1.82) is 0 Å². The summed E-state index contributed by atoms with van der Waals surface area (Å²) in [5, 5.41) is 0. The van der Waals surface area contributed by atoms with Gasteiger partial charge in [0.2, 0.25) is 0 Å². The summed E-state index contributed by atoms with van der Waals surface area (Å²) in [6, 6.07) is 0. The van der Waals surface area contributed by atoms with Gasteiger partial charge in [-0.15, -0.1) is 0 Å². The summed E-state index contributed by atoms with van der Waals surface area (Å²) in [6.07, 6.45) is 5.57. The maximum Gasteiger partial charge on any atom is 0.302 e. The van der Waals surface area contributed by atoms with Gasteiger partial charge in [-0.1, -0.05) is 6.92 Å². The summed E-state index contributed by atoms with van der Waals surface area (Å²) in [4.78, 5) is 13.7. The number of hydrogen-bond donors (Lipinski definition) is 0. The fraction of sp³-hybridized carbons (Fsp3) is 0.818. The summed E-state index contributed by atoms with van der Waals surface area (Å²) in [7, 11) is 0. The van der Waals surface area contributed by atoms with Gasteiger partial charge in [0.05, 0.1) is 6.61 Å². The molecular formula is C11H20N2O2. The highest BCUT2D eigenvalue weighted by Crippen LogP contribution is 2.04. The number of ether oxygens (including phenoxy) is 1. The van der Waals surface area contributed by atoms with Crippen molar-refractivity contribution in [2.45, 2.75) is 52.4 Å². The van der Waals surface area contributed by atoms with Crippen molar-refractivity contribution in [2.75, 3.05) is 6.61 Å². The molecule has 0 aromatic heterocycles. The van der Waals surface area contributed by atoms with Crippen molar-refractivity contribution in [3.63, 3.8) is 0 Å². The van der Waals surface area contributed by atoms with Crippen LogP contribution in [0.25, 0.3) is 5.53 Å². The lowest BCUT2D eigenvalue weighted by atomic mass is 10.1. The summed E-state index contributed by atoms with van der Waals surface area (Å²) < 4.78 is 4.80. The molecule has 0 amide bonds. The van der Waals surface area contributed by atoms with Crippen molar-refractivity contribution in [3.05, 3.63) is 5.53 Å². The van der Waals surface area contributed by atoms with Crippen LogP contribution < -0.4 is 0 Å². The lowest BCUT2D eigenvalue weighted by Gasteiger charge is -2.00. The summed E-state index contributed by atoms with van der Waals surface area (Å²) >= 11 is 0. The van der Waals surface area contributed by atoms with E-state index in [2.05, 4.69) is 11.7 Å². The SMILES string of the molecule is CCCC(CCCCCOC(C)=O)=[N+]=[N-]. The molecule has 0 aliphatic carbocycles. The molecule has 0 aromatic rings. The summed E-state index contributed by atoms with van der Waals surface area (Å²) in [6.45, 7) is 3.97. The van der Waals surface area contributed by atoms with Gasteiger partial charge in [-0.2, -0.15) is 4.79 Å². The number of nitrogens with zero attached hydrogens (tertiary/aromatic N) is 2. The lowest BCUT2D eigenvalue weighted by molar-refractivity contribution is -0.141. The second kappa shape index (κ2) is 9.41. The molecule has 86 valence electrons. The molecule has 0 bridgehead atoms. The normalized spacial score (nSPS) is 9.47. The Balaban J connectivity index is 3.37. The Kier molecular flexibility index (Phi) is 8.69. The zero-order valence-electron chi connectivity index (χ0n) is 9.66. The van der Waals surface area contributed by atoms with E-state index in [9.17, 15) is 4.79 Å². The first kappa shape index (κ1) is 13.8. The van der Waals surface area contributed by atoms with E-state index < -0.39 is 0 Å². The lowest BCUT2D eigenvalue weighted by Crippen LogP contribution is -2.02. The van der Waals surface area contributed by atoms with E-state index in [1.165, 1.54) is 6.92 Å². The quantitative estimate of drug-likeness (QED) is 0.204. The number of rotatable bonds is 8. The molecule has 0 aliphatic heterocycles. The van der Waals surface area contributed by atoms with Gasteiger partial charge >= 0.3 is 5.97 Å². The minimum atomic E-state index is -0.224. The largest absolute Gasteiger partial charge is 0.466 e. The van der Waals surface area contributed by atoms with Crippen LogP contribution in [-0.4, -0.2) is 23.1 Å². The van der Waals surface area contributed by atoms with Crippen LogP contribution in [0.15, 0.2) is 0 Å². The van der Waals surface area contributed by atoms with E-state index in [0.29, 0.717) is 6.61 Å². The van der Waals surface area contributed by atoms with Crippen LogP contribution in [-0.2, 0) is 9.53 Å². The van der Waals surface area contributed by atoms with Crippen LogP contribution in [0.4, 0.5) is 0 Å². The Hall–Kier alpha value is -1.15. The van der Waals surface area contributed by atoms with Gasteiger partial charge in [-0.05, 0) is 25.7 Å². The fourth-order valence-electron chi connectivity index (χ4n) is 1.34. The standard InChI is InChI=1S/C11H20N2O2/c1-3-7-11(13-12)8-5-4-6-9-15-10(2)14/h3-9H2,1-2H3. The highest BCUT2D eigenvalue weighted by atomic mass is 16.5. The molecule has 0 saturated carbocycles. The average molecular weight is 212 g/mol. The van der Waals surface area contributed by atoms with Crippen LogP contribution in [0, 0.1) is 0 Å². The van der Waals surface area contributed by atoms with Crippen molar-refractivity contribution in [2.24, 2.45) is 0 Å². The molecule has 15 heavy (non-hydrogen) atoms. The van der Waals surface area contributed by atoms with E-state index in [0.717, 1.165) is 44.2 Å². The van der Waals surface area contributed by atoms with Crippen LogP contribution in [0.5, 0.6) is 0 Å². The molecule has 0 aliphatic rings. The molecule has 0 saturated heterocycles. The van der Waals surface area contributed by atoms with E-state index in [4.69, 9.17) is 10.3 Å². The van der Waals surface area contributed by atoms with Gasteiger partial charge in [-0.3, -0.25) is 4.79 Å². The van der Waals surface area contributed by atoms with E-state index >= 15 is 0 Å². The van der Waals surface area contributed by atoms with Gasteiger partial charge in [0, 0.05) is 19.8 Å². The fourth-order valence-corrected chi connectivity index (χ4v) is 1.34. The van der Waals surface area contributed by atoms with Crippen LogP contribution in [0.3, 0.4) is 0 Å². The first-order chi connectivity index (χ1) is 7.20. The second-order valence-electron chi connectivity index (χ2n) is 3.57. The molecule has 0 radical (unpaired) electrons. The third-order valence-electron chi connectivity index (χ3n) is 2.10. The number of carbonyl (C=O) groups is 1. The Morgan fingerprint density at radius 3 is 2.53 bits per heavy atom. The molecule has 0 spiro atoms. The van der Waals surface area contributed by atoms with Crippen molar-refractivity contribution < 1.29 is 14.3 Å². The highest BCUT2D eigenvalue weighted by molar-refractivity contribution is 5.78. The van der Waals surface area contributed by atoms with Gasteiger partial charge in [0.1, 0.15) is 0 Å². The molecule has 0 fully saturated rings. The molecule has 0 heterocycles. The monoisotopic (exact) mass is 212 g/mol. The first-order valence-electron chi connectivity index (χ1n) is 5.53. The molecule has 0 N–H and O–H groups in total. The topological polar surface area (TPSA) is 62.7 Å². The molecule has 4 heteroatoms. The number of esters is 1. The second-order valence-corrected chi connectivity index (χ2v) is 3.57. The van der Waals surface area contributed by atoms with E-state index in [-0.39, 0.29) is 5.97 Å². The van der Waals surface area contributed by atoms with Gasteiger partial charge in [0.15, 0.2) is 0 Å². The van der Waals surface area contributed by atoms with Crippen molar-refractivity contribution >= 4 is 11.7 Å². The summed E-state index contributed by atoms with van der Waals surface area (Å²) in [5.74, 6) is -0.224. The molecular weight excluding hydrogens is 192 g/mol. The Bertz CT molecular complexity index is 233. The molecule has 0 rings (SSSR count). The Labute approximate surface area is 91.2 Å². The van der Waals surface area contributed by atoms with Gasteiger partial charge in [0.25, 0.3) is 5.71 Å². The third kappa shape index (κ3) is 9.16. The predicted molar refractivity (Wildman–Crippen MR) is 58.6 cm³/mol. The zero-order valence-corrected chi connectivity index (χ0v) is 9.66. The molecule has 0 unspecified atom stereocenters. The van der Waals surface area contributed by atoms with E-state index in [1.54, 1.807) is 0 Å². The highest BCUT2D eigenvalue weighted by Gasteiger charge is 2.05.